The number of piperazine rings is 1. The summed E-state index contributed by atoms with van der Waals surface area (Å²) in [6.07, 6.45) is 1.98. The summed E-state index contributed by atoms with van der Waals surface area (Å²) in [7, 11) is 0. The topological polar surface area (TPSA) is 111 Å². The lowest BCUT2D eigenvalue weighted by atomic mass is 10.1. The van der Waals surface area contributed by atoms with Crippen LogP contribution in [-0.2, 0) is 0 Å². The van der Waals surface area contributed by atoms with E-state index in [9.17, 15) is 19.7 Å². The van der Waals surface area contributed by atoms with Crippen LogP contribution < -0.4 is 20.4 Å². The number of thiocarbonyl (C=S) groups is 1. The Morgan fingerprint density at radius 3 is 2.29 bits per heavy atom. The fourth-order valence-corrected chi connectivity index (χ4v) is 5.82. The van der Waals surface area contributed by atoms with Gasteiger partial charge in [0.1, 0.15) is 0 Å². The van der Waals surface area contributed by atoms with Crippen molar-refractivity contribution >= 4 is 63.5 Å². The minimum atomic E-state index is -0.537. The molecule has 0 aliphatic carbocycles. The summed E-state index contributed by atoms with van der Waals surface area (Å²) in [4.78, 5) is 43.2. The number of nitro benzene ring substituents is 1. The van der Waals surface area contributed by atoms with Gasteiger partial charge in [-0.25, -0.2) is 0 Å². The van der Waals surface area contributed by atoms with Gasteiger partial charge in [-0.05, 0) is 62.3 Å². The number of nitrogens with one attached hydrogen (secondary N) is 2. The molecule has 10 nitrogen and oxygen atoms in total. The van der Waals surface area contributed by atoms with Gasteiger partial charge in [0.2, 0.25) is 0 Å². The van der Waals surface area contributed by atoms with Crippen LogP contribution in [0.1, 0.15) is 39.1 Å². The number of anilines is 3. The molecule has 12 heteroatoms. The molecular weight excluding hydrogens is 576 g/mol. The third kappa shape index (κ3) is 6.47. The van der Waals surface area contributed by atoms with E-state index >= 15 is 0 Å². The maximum Gasteiger partial charge on any atom is 0.270 e. The zero-order valence-corrected chi connectivity index (χ0v) is 24.7. The molecule has 2 saturated heterocycles. The number of rotatable bonds is 6. The lowest BCUT2D eigenvalue weighted by Crippen LogP contribution is -2.49. The Balaban J connectivity index is 1.28. The number of amides is 2. The van der Waals surface area contributed by atoms with Gasteiger partial charge in [-0.1, -0.05) is 35.4 Å². The molecule has 42 heavy (non-hydrogen) atoms. The van der Waals surface area contributed by atoms with Crippen LogP contribution in [0, 0.1) is 17.0 Å². The van der Waals surface area contributed by atoms with E-state index in [0.717, 1.165) is 31.5 Å². The molecular formula is C30H31ClN6O4S. The highest BCUT2D eigenvalue weighted by Crippen LogP contribution is 2.35. The van der Waals surface area contributed by atoms with Crippen molar-refractivity contribution in [2.45, 2.75) is 19.8 Å². The number of benzene rings is 3. The third-order valence-electron chi connectivity index (χ3n) is 7.53. The Morgan fingerprint density at radius 2 is 1.62 bits per heavy atom. The second-order valence-electron chi connectivity index (χ2n) is 10.3. The van der Waals surface area contributed by atoms with Crippen molar-refractivity contribution in [1.29, 1.82) is 0 Å². The first kappa shape index (κ1) is 29.3. The fraction of sp³-hybridized carbons (Fsp3) is 0.300. The van der Waals surface area contributed by atoms with Gasteiger partial charge < -0.3 is 20.0 Å². The van der Waals surface area contributed by atoms with Crippen LogP contribution in [0.5, 0.6) is 0 Å². The van der Waals surface area contributed by atoms with Crippen LogP contribution in [0.3, 0.4) is 0 Å². The molecule has 2 fully saturated rings. The van der Waals surface area contributed by atoms with E-state index in [2.05, 4.69) is 15.5 Å². The average Bonchev–Trinajstić information content (AvgIpc) is 3.52. The van der Waals surface area contributed by atoms with Gasteiger partial charge in [0.25, 0.3) is 17.5 Å². The molecule has 2 heterocycles. The van der Waals surface area contributed by atoms with Gasteiger partial charge in [-0.15, -0.1) is 0 Å². The maximum atomic E-state index is 13.3. The molecule has 2 aliphatic heterocycles. The van der Waals surface area contributed by atoms with E-state index in [1.54, 1.807) is 18.2 Å². The first-order valence-electron chi connectivity index (χ1n) is 13.8. The van der Waals surface area contributed by atoms with Gasteiger partial charge in [0.05, 0.1) is 32.6 Å². The number of nitrogens with zero attached hydrogens (tertiary/aromatic N) is 4. The summed E-state index contributed by atoms with van der Waals surface area (Å²) in [6, 6.07) is 17.2. The monoisotopic (exact) mass is 606 g/mol. The molecule has 2 N–H and O–H groups in total. The summed E-state index contributed by atoms with van der Waals surface area (Å²) in [6.45, 7) is 5.69. The maximum absolute atomic E-state index is 13.3. The summed E-state index contributed by atoms with van der Waals surface area (Å²) >= 11 is 12.1. The highest BCUT2D eigenvalue weighted by Gasteiger charge is 2.26. The second kappa shape index (κ2) is 12.7. The van der Waals surface area contributed by atoms with E-state index in [-0.39, 0.29) is 22.3 Å². The molecule has 3 aromatic carbocycles. The first-order chi connectivity index (χ1) is 20.2. The van der Waals surface area contributed by atoms with Crippen molar-refractivity contribution in [3.8, 4) is 0 Å². The Hall–Kier alpha value is -4.22. The largest absolute Gasteiger partial charge is 0.371 e. The number of carbonyl (C=O) groups excluding carboxylic acids is 2. The van der Waals surface area contributed by atoms with E-state index in [1.807, 2.05) is 47.1 Å². The number of hydrogen-bond acceptors (Lipinski definition) is 7. The molecule has 0 atom stereocenters. The van der Waals surface area contributed by atoms with Gasteiger partial charge in [-0.3, -0.25) is 25.0 Å². The van der Waals surface area contributed by atoms with E-state index in [4.69, 9.17) is 23.8 Å². The number of hydrogen-bond donors (Lipinski definition) is 2. The van der Waals surface area contributed by atoms with Gasteiger partial charge in [0.15, 0.2) is 5.11 Å². The summed E-state index contributed by atoms with van der Waals surface area (Å²) in [5.41, 5.74) is 3.74. The molecule has 5 rings (SSSR count). The smallest absolute Gasteiger partial charge is 0.270 e. The lowest BCUT2D eigenvalue weighted by molar-refractivity contribution is -0.384. The number of halogens is 1. The standard InChI is InChI=1S/C30H31ClN6O4S/c1-20-7-9-21(10-8-20)29(39)36-17-15-35(16-18-36)27-24(31)5-4-6-25(27)32-30(42)33-28(38)23-19-22(37(40)41)11-12-26(23)34-13-2-3-14-34/h4-12,19H,2-3,13-18H2,1H3,(H2,32,33,38,42). The molecule has 0 spiro atoms. The summed E-state index contributed by atoms with van der Waals surface area (Å²) in [5, 5.41) is 17.7. The third-order valence-corrected chi connectivity index (χ3v) is 8.04. The predicted molar refractivity (Wildman–Crippen MR) is 169 cm³/mol. The second-order valence-corrected chi connectivity index (χ2v) is 11.2. The van der Waals surface area contributed by atoms with Crippen molar-refractivity contribution in [3.63, 3.8) is 0 Å². The lowest BCUT2D eigenvalue weighted by Gasteiger charge is -2.37. The highest BCUT2D eigenvalue weighted by molar-refractivity contribution is 7.80. The van der Waals surface area contributed by atoms with Gasteiger partial charge >= 0.3 is 0 Å². The predicted octanol–water partition coefficient (Wildman–Crippen LogP) is 5.25. The molecule has 2 amide bonds. The Kier molecular flexibility index (Phi) is 8.89. The number of para-hydroxylation sites is 1. The number of non-ortho nitro benzene ring substituents is 1. The molecule has 0 saturated carbocycles. The van der Waals surface area contributed by atoms with Crippen LogP contribution in [0.25, 0.3) is 0 Å². The zero-order chi connectivity index (χ0) is 29.8. The van der Waals surface area contributed by atoms with Crippen LogP contribution in [0.2, 0.25) is 5.02 Å². The van der Waals surface area contributed by atoms with Crippen molar-refractivity contribution in [2.24, 2.45) is 0 Å². The highest BCUT2D eigenvalue weighted by atomic mass is 35.5. The van der Waals surface area contributed by atoms with E-state index < -0.39 is 10.8 Å². The van der Waals surface area contributed by atoms with Gasteiger partial charge in [-0.2, -0.15) is 0 Å². The van der Waals surface area contributed by atoms with Crippen LogP contribution in [0.4, 0.5) is 22.7 Å². The van der Waals surface area contributed by atoms with Gasteiger partial charge in [0, 0.05) is 57.0 Å². The molecule has 0 unspecified atom stereocenters. The zero-order valence-electron chi connectivity index (χ0n) is 23.1. The Labute approximate surface area is 254 Å². The average molecular weight is 607 g/mol. The van der Waals surface area contributed by atoms with Crippen molar-refractivity contribution in [1.82, 2.24) is 10.2 Å². The number of nitro groups is 1. The molecule has 2 aliphatic rings. The Bertz CT molecular complexity index is 1520. The number of aryl methyl sites for hydroxylation is 1. The first-order valence-corrected chi connectivity index (χ1v) is 14.5. The van der Waals surface area contributed by atoms with E-state index in [0.29, 0.717) is 53.8 Å². The van der Waals surface area contributed by atoms with Crippen molar-refractivity contribution in [3.05, 3.63) is 92.5 Å². The van der Waals surface area contributed by atoms with E-state index in [1.165, 1.54) is 12.1 Å². The van der Waals surface area contributed by atoms with Crippen molar-refractivity contribution in [2.75, 3.05) is 54.4 Å². The minimum Gasteiger partial charge on any atom is -0.371 e. The Morgan fingerprint density at radius 1 is 0.929 bits per heavy atom. The summed E-state index contributed by atoms with van der Waals surface area (Å²) in [5.74, 6) is -0.546. The summed E-state index contributed by atoms with van der Waals surface area (Å²) < 4.78 is 0. The molecule has 0 aromatic heterocycles. The minimum absolute atomic E-state index is 0.00880. The van der Waals surface area contributed by atoms with Crippen LogP contribution in [-0.4, -0.2) is 66.0 Å². The van der Waals surface area contributed by atoms with Crippen LogP contribution >= 0.6 is 23.8 Å². The SMILES string of the molecule is Cc1ccc(C(=O)N2CCN(c3c(Cl)cccc3NC(=S)NC(=O)c3cc([N+](=O)[O-])ccc3N3CCCC3)CC2)cc1. The molecule has 3 aromatic rings. The normalized spacial score (nSPS) is 15.0. The molecule has 0 bridgehead atoms. The molecule has 218 valence electrons. The molecule has 0 radical (unpaired) electrons. The fourth-order valence-electron chi connectivity index (χ4n) is 5.33. The van der Waals surface area contributed by atoms with Crippen molar-refractivity contribution < 1.29 is 14.5 Å². The quantitative estimate of drug-likeness (QED) is 0.222. The number of carbonyl (C=O) groups is 2. The van der Waals surface area contributed by atoms with Crippen LogP contribution in [0.15, 0.2) is 60.7 Å².